The fraction of sp³-hybridized carbons (Fsp3) is 0.250. The van der Waals surface area contributed by atoms with E-state index in [1.54, 1.807) is 57.2 Å². The summed E-state index contributed by atoms with van der Waals surface area (Å²) in [5, 5.41) is 23.2. The first-order chi connectivity index (χ1) is 20.8. The van der Waals surface area contributed by atoms with Crippen LogP contribution in [0.3, 0.4) is 0 Å². The maximum absolute atomic E-state index is 13.3. The molecule has 0 aliphatic carbocycles. The molecule has 16 heteroatoms. The van der Waals surface area contributed by atoms with Gasteiger partial charge in [0.1, 0.15) is 0 Å². The van der Waals surface area contributed by atoms with E-state index < -0.39 is 28.7 Å². The van der Waals surface area contributed by atoms with Crippen molar-refractivity contribution in [2.75, 3.05) is 28.6 Å². The Morgan fingerprint density at radius 3 is 2.39 bits per heavy atom. The van der Waals surface area contributed by atoms with Crippen molar-refractivity contribution >= 4 is 56.6 Å². The highest BCUT2D eigenvalue weighted by molar-refractivity contribution is 7.90. The molecule has 3 aromatic carbocycles. The number of esters is 1. The van der Waals surface area contributed by atoms with Crippen LogP contribution in [0.15, 0.2) is 59.8 Å². The SMILES string of the molecule is CCOC(=O)COc1c(CNc2ccc(Cl)cc2C(=O)Nc2ccc(C(N)=NO)cc2)cc(NS(N)(=O)=O)cc1OC(C)C. The van der Waals surface area contributed by atoms with Gasteiger partial charge in [-0.05, 0) is 69.3 Å². The lowest BCUT2D eigenvalue weighted by Gasteiger charge is -2.21. The maximum atomic E-state index is 13.3. The minimum atomic E-state index is -4.15. The van der Waals surface area contributed by atoms with Crippen LogP contribution in [0.1, 0.15) is 42.3 Å². The fourth-order valence-electron chi connectivity index (χ4n) is 3.88. The molecule has 0 fully saturated rings. The molecule has 8 N–H and O–H groups in total. The molecule has 0 unspecified atom stereocenters. The molecule has 0 saturated carbocycles. The third kappa shape index (κ3) is 9.93. The molecule has 1 amide bonds. The number of nitrogens with two attached hydrogens (primary N) is 2. The summed E-state index contributed by atoms with van der Waals surface area (Å²) in [5.74, 6) is -0.923. The summed E-state index contributed by atoms with van der Waals surface area (Å²) in [5.41, 5.74) is 7.47. The smallest absolute Gasteiger partial charge is 0.344 e. The topological polar surface area (TPSA) is 217 Å². The lowest BCUT2D eigenvalue weighted by atomic mass is 10.1. The minimum absolute atomic E-state index is 0.0247. The van der Waals surface area contributed by atoms with Crippen LogP contribution in [0.5, 0.6) is 11.5 Å². The molecule has 0 heterocycles. The van der Waals surface area contributed by atoms with Crippen LogP contribution in [0.4, 0.5) is 17.1 Å². The van der Waals surface area contributed by atoms with Crippen LogP contribution in [0, 0.1) is 0 Å². The third-order valence-corrected chi connectivity index (χ3v) is 6.39. The predicted molar refractivity (Wildman–Crippen MR) is 167 cm³/mol. The van der Waals surface area contributed by atoms with E-state index in [1.165, 1.54) is 18.2 Å². The molecule has 0 bridgehead atoms. The third-order valence-electron chi connectivity index (χ3n) is 5.64. The zero-order valence-corrected chi connectivity index (χ0v) is 25.7. The molecule has 0 radical (unpaired) electrons. The normalized spacial score (nSPS) is 11.5. The van der Waals surface area contributed by atoms with Crippen molar-refractivity contribution in [2.24, 2.45) is 16.0 Å². The highest BCUT2D eigenvalue weighted by Crippen LogP contribution is 2.37. The fourth-order valence-corrected chi connectivity index (χ4v) is 4.50. The standard InChI is InChI=1S/C28H33ClN6O8S/c1-4-41-25(36)15-42-26-18(11-21(35-44(31,39)40)13-24(26)43-16(2)3)14-32-23-10-7-19(29)12-22(23)28(37)33-20-8-5-17(6-9-20)27(30)34-38/h5-13,16,32,35,38H,4,14-15H2,1-3H3,(H2,30,34)(H,33,37)(H2,31,39,40). The van der Waals surface area contributed by atoms with Gasteiger partial charge >= 0.3 is 5.97 Å². The lowest BCUT2D eigenvalue weighted by Crippen LogP contribution is -2.22. The van der Waals surface area contributed by atoms with Gasteiger partial charge < -0.3 is 35.8 Å². The second-order valence-corrected chi connectivity index (χ2v) is 11.2. The van der Waals surface area contributed by atoms with Crippen molar-refractivity contribution in [3.63, 3.8) is 0 Å². The number of ether oxygens (including phenoxy) is 3. The number of nitrogens with one attached hydrogen (secondary N) is 3. The summed E-state index contributed by atoms with van der Waals surface area (Å²) in [6, 6.07) is 13.8. The summed E-state index contributed by atoms with van der Waals surface area (Å²) < 4.78 is 42.4. The quantitative estimate of drug-likeness (QED) is 0.0490. The number of amides is 1. The highest BCUT2D eigenvalue weighted by Gasteiger charge is 2.20. The molecular weight excluding hydrogens is 616 g/mol. The summed E-state index contributed by atoms with van der Waals surface area (Å²) in [6.45, 7) is 4.86. The number of carbonyl (C=O) groups is 2. The van der Waals surface area contributed by atoms with Crippen molar-refractivity contribution in [1.82, 2.24) is 0 Å². The van der Waals surface area contributed by atoms with Gasteiger partial charge in [0.15, 0.2) is 23.9 Å². The number of nitrogens with zero attached hydrogens (tertiary/aromatic N) is 1. The number of amidine groups is 1. The predicted octanol–water partition coefficient (Wildman–Crippen LogP) is 3.64. The van der Waals surface area contributed by atoms with Crippen LogP contribution in [0.2, 0.25) is 5.02 Å². The van der Waals surface area contributed by atoms with Crippen molar-refractivity contribution in [1.29, 1.82) is 0 Å². The number of benzene rings is 3. The molecule has 0 saturated heterocycles. The van der Waals surface area contributed by atoms with E-state index >= 15 is 0 Å². The van der Waals surface area contributed by atoms with Crippen molar-refractivity contribution in [3.8, 4) is 11.5 Å². The van der Waals surface area contributed by atoms with Gasteiger partial charge in [-0.15, -0.1) is 0 Å². The Balaban J connectivity index is 1.96. The molecule has 0 aliphatic heterocycles. The summed E-state index contributed by atoms with van der Waals surface area (Å²) in [6.07, 6.45) is -0.349. The van der Waals surface area contributed by atoms with Crippen LogP contribution in [-0.4, -0.2) is 50.7 Å². The van der Waals surface area contributed by atoms with E-state index in [2.05, 4.69) is 20.5 Å². The number of hydrogen-bond acceptors (Lipinski definition) is 10. The van der Waals surface area contributed by atoms with Gasteiger partial charge in [0.25, 0.3) is 16.1 Å². The number of carbonyl (C=O) groups excluding carboxylic acids is 2. The van der Waals surface area contributed by atoms with Gasteiger partial charge in [0.05, 0.1) is 24.0 Å². The van der Waals surface area contributed by atoms with Crippen molar-refractivity contribution < 1.29 is 37.4 Å². The van der Waals surface area contributed by atoms with Gasteiger partial charge in [-0.25, -0.2) is 9.93 Å². The number of rotatable bonds is 14. The Kier molecular flexibility index (Phi) is 11.6. The van der Waals surface area contributed by atoms with E-state index in [0.29, 0.717) is 27.5 Å². The Morgan fingerprint density at radius 2 is 1.77 bits per heavy atom. The molecule has 44 heavy (non-hydrogen) atoms. The average molecular weight is 649 g/mol. The zero-order chi connectivity index (χ0) is 32.4. The molecule has 3 rings (SSSR count). The molecule has 0 atom stereocenters. The summed E-state index contributed by atoms with van der Waals surface area (Å²) in [4.78, 5) is 25.4. The first-order valence-electron chi connectivity index (χ1n) is 13.1. The van der Waals surface area contributed by atoms with Crippen LogP contribution in [-0.2, 0) is 26.3 Å². The monoisotopic (exact) mass is 648 g/mol. The highest BCUT2D eigenvalue weighted by atomic mass is 35.5. The first kappa shape index (κ1) is 33.8. The van der Waals surface area contributed by atoms with Crippen LogP contribution in [0.25, 0.3) is 0 Å². The summed E-state index contributed by atoms with van der Waals surface area (Å²) >= 11 is 6.21. The minimum Gasteiger partial charge on any atom is -0.487 e. The molecular formula is C28H33ClN6O8S. The van der Waals surface area contributed by atoms with Crippen LogP contribution >= 0.6 is 11.6 Å². The number of halogens is 1. The number of anilines is 3. The van der Waals surface area contributed by atoms with E-state index in [4.69, 9.17) is 41.9 Å². The van der Waals surface area contributed by atoms with Gasteiger partial charge in [-0.1, -0.05) is 16.8 Å². The molecule has 14 nitrogen and oxygen atoms in total. The molecule has 236 valence electrons. The Hall–Kier alpha value is -4.73. The van der Waals surface area contributed by atoms with Crippen molar-refractivity contribution in [2.45, 2.75) is 33.4 Å². The lowest BCUT2D eigenvalue weighted by molar-refractivity contribution is -0.145. The van der Waals surface area contributed by atoms with E-state index in [9.17, 15) is 18.0 Å². The van der Waals surface area contributed by atoms with Gasteiger partial charge in [0.2, 0.25) is 0 Å². The van der Waals surface area contributed by atoms with E-state index in [0.717, 1.165) is 0 Å². The molecule has 3 aromatic rings. The largest absolute Gasteiger partial charge is 0.487 e. The second-order valence-electron chi connectivity index (χ2n) is 9.43. The average Bonchev–Trinajstić information content (AvgIpc) is 2.94. The first-order valence-corrected chi connectivity index (χ1v) is 15.1. The van der Waals surface area contributed by atoms with Gasteiger partial charge in [-0.2, -0.15) is 8.42 Å². The van der Waals surface area contributed by atoms with E-state index in [1.807, 2.05) is 0 Å². The maximum Gasteiger partial charge on any atom is 0.344 e. The van der Waals surface area contributed by atoms with E-state index in [-0.39, 0.29) is 47.8 Å². The second kappa shape index (κ2) is 15.1. The zero-order valence-electron chi connectivity index (χ0n) is 24.1. The molecule has 0 aliphatic rings. The van der Waals surface area contributed by atoms with Gasteiger partial charge in [-0.3, -0.25) is 9.52 Å². The molecule has 0 aromatic heterocycles. The molecule has 0 spiro atoms. The number of oxime groups is 1. The number of hydrogen-bond donors (Lipinski definition) is 6. The Morgan fingerprint density at radius 1 is 1.07 bits per heavy atom. The van der Waals surface area contributed by atoms with Crippen molar-refractivity contribution in [3.05, 3.63) is 76.3 Å². The van der Waals surface area contributed by atoms with Crippen LogP contribution < -0.4 is 35.7 Å². The van der Waals surface area contributed by atoms with Gasteiger partial charge in [0, 0.05) is 40.1 Å². The summed E-state index contributed by atoms with van der Waals surface area (Å²) in [7, 11) is -4.15. The Labute approximate surface area is 259 Å². The Bertz CT molecular complexity index is 1630.